The van der Waals surface area contributed by atoms with Gasteiger partial charge in [-0.1, -0.05) is 33.6 Å². The van der Waals surface area contributed by atoms with Gasteiger partial charge in [0, 0.05) is 0 Å². The van der Waals surface area contributed by atoms with Gasteiger partial charge >= 0.3 is 0 Å². The molecule has 0 aliphatic carbocycles. The van der Waals surface area contributed by atoms with Crippen LogP contribution in [0.2, 0.25) is 0 Å². The van der Waals surface area contributed by atoms with Crippen molar-refractivity contribution in [3.05, 3.63) is 0 Å². The molecule has 12 heavy (non-hydrogen) atoms. The van der Waals surface area contributed by atoms with E-state index in [1.165, 1.54) is 32.2 Å². The SMILES string of the molecule is CCC(C)C(CC)CCCNC. The van der Waals surface area contributed by atoms with Gasteiger partial charge in [0.05, 0.1) is 0 Å². The maximum absolute atomic E-state index is 3.20. The molecule has 2 atom stereocenters. The molecule has 1 nitrogen and oxygen atoms in total. The molecule has 0 heterocycles. The number of nitrogens with one attached hydrogen (secondary N) is 1. The van der Waals surface area contributed by atoms with E-state index in [-0.39, 0.29) is 0 Å². The largest absolute Gasteiger partial charge is 0.320 e. The molecule has 0 aliphatic heterocycles. The Morgan fingerprint density at radius 3 is 2.25 bits per heavy atom. The summed E-state index contributed by atoms with van der Waals surface area (Å²) in [4.78, 5) is 0. The molecule has 0 aliphatic rings. The normalized spacial score (nSPS) is 16.0. The van der Waals surface area contributed by atoms with Crippen molar-refractivity contribution in [2.24, 2.45) is 11.8 Å². The van der Waals surface area contributed by atoms with Crippen LogP contribution in [-0.4, -0.2) is 13.6 Å². The van der Waals surface area contributed by atoms with Crippen LogP contribution in [0.3, 0.4) is 0 Å². The van der Waals surface area contributed by atoms with Crippen LogP contribution in [-0.2, 0) is 0 Å². The van der Waals surface area contributed by atoms with Crippen molar-refractivity contribution in [2.75, 3.05) is 13.6 Å². The molecule has 0 radical (unpaired) electrons. The molecule has 0 saturated heterocycles. The van der Waals surface area contributed by atoms with Crippen LogP contribution in [0.1, 0.15) is 46.5 Å². The zero-order valence-electron chi connectivity index (χ0n) is 9.19. The van der Waals surface area contributed by atoms with Gasteiger partial charge < -0.3 is 5.32 Å². The minimum atomic E-state index is 0.909. The monoisotopic (exact) mass is 171 g/mol. The number of rotatable bonds is 7. The summed E-state index contributed by atoms with van der Waals surface area (Å²) in [5, 5.41) is 3.20. The van der Waals surface area contributed by atoms with Crippen molar-refractivity contribution < 1.29 is 0 Å². The smallest absolute Gasteiger partial charge is 0.00518 e. The predicted molar refractivity (Wildman–Crippen MR) is 56.4 cm³/mol. The molecule has 0 amide bonds. The maximum atomic E-state index is 3.20. The third kappa shape index (κ3) is 4.76. The minimum absolute atomic E-state index is 0.909. The quantitative estimate of drug-likeness (QED) is 0.580. The summed E-state index contributed by atoms with van der Waals surface area (Å²) in [6, 6.07) is 0. The van der Waals surface area contributed by atoms with E-state index in [4.69, 9.17) is 0 Å². The highest BCUT2D eigenvalue weighted by molar-refractivity contribution is 4.64. The van der Waals surface area contributed by atoms with E-state index in [1.54, 1.807) is 0 Å². The van der Waals surface area contributed by atoms with Gasteiger partial charge in [-0.05, 0) is 38.3 Å². The lowest BCUT2D eigenvalue weighted by atomic mass is 9.86. The van der Waals surface area contributed by atoms with Crippen LogP contribution >= 0.6 is 0 Å². The van der Waals surface area contributed by atoms with E-state index < -0.39 is 0 Å². The topological polar surface area (TPSA) is 12.0 Å². The molecule has 0 aromatic heterocycles. The van der Waals surface area contributed by atoms with E-state index in [9.17, 15) is 0 Å². The average molecular weight is 171 g/mol. The van der Waals surface area contributed by atoms with Gasteiger partial charge in [-0.15, -0.1) is 0 Å². The van der Waals surface area contributed by atoms with Crippen molar-refractivity contribution in [1.82, 2.24) is 5.32 Å². The molecule has 74 valence electrons. The lowest BCUT2D eigenvalue weighted by Gasteiger charge is -2.21. The molecule has 0 saturated carbocycles. The minimum Gasteiger partial charge on any atom is -0.320 e. The van der Waals surface area contributed by atoms with Crippen molar-refractivity contribution in [1.29, 1.82) is 0 Å². The van der Waals surface area contributed by atoms with E-state index in [0.29, 0.717) is 0 Å². The first-order valence-corrected chi connectivity index (χ1v) is 5.40. The number of hydrogen-bond acceptors (Lipinski definition) is 1. The van der Waals surface area contributed by atoms with E-state index >= 15 is 0 Å². The van der Waals surface area contributed by atoms with Gasteiger partial charge in [-0.2, -0.15) is 0 Å². The highest BCUT2D eigenvalue weighted by Crippen LogP contribution is 2.23. The summed E-state index contributed by atoms with van der Waals surface area (Å²) < 4.78 is 0. The van der Waals surface area contributed by atoms with E-state index in [1.807, 2.05) is 7.05 Å². The van der Waals surface area contributed by atoms with Crippen molar-refractivity contribution >= 4 is 0 Å². The van der Waals surface area contributed by atoms with Gasteiger partial charge in [0.2, 0.25) is 0 Å². The zero-order chi connectivity index (χ0) is 9.40. The molecule has 0 spiro atoms. The van der Waals surface area contributed by atoms with Crippen LogP contribution in [0.4, 0.5) is 0 Å². The molecule has 0 rings (SSSR count). The Morgan fingerprint density at radius 1 is 1.17 bits per heavy atom. The fourth-order valence-corrected chi connectivity index (χ4v) is 1.77. The Bertz CT molecular complexity index is 91.0. The molecule has 1 heteroatoms. The second-order valence-corrected chi connectivity index (χ2v) is 3.80. The molecule has 0 bridgehead atoms. The summed E-state index contributed by atoms with van der Waals surface area (Å²) in [5.41, 5.74) is 0. The molecular weight excluding hydrogens is 146 g/mol. The highest BCUT2D eigenvalue weighted by Gasteiger charge is 2.12. The Morgan fingerprint density at radius 2 is 1.83 bits per heavy atom. The summed E-state index contributed by atoms with van der Waals surface area (Å²) in [5.74, 6) is 1.86. The lowest BCUT2D eigenvalue weighted by Crippen LogP contribution is -2.14. The Balaban J connectivity index is 3.52. The first-order chi connectivity index (χ1) is 5.76. The molecule has 0 aromatic rings. The third-order valence-electron chi connectivity index (χ3n) is 2.97. The van der Waals surface area contributed by atoms with Gasteiger partial charge in [-0.25, -0.2) is 0 Å². The fraction of sp³-hybridized carbons (Fsp3) is 1.00. The zero-order valence-corrected chi connectivity index (χ0v) is 9.19. The average Bonchev–Trinajstić information content (AvgIpc) is 2.11. The lowest BCUT2D eigenvalue weighted by molar-refractivity contribution is 0.310. The molecular formula is C11H25N. The highest BCUT2D eigenvalue weighted by atomic mass is 14.8. The van der Waals surface area contributed by atoms with Crippen LogP contribution in [0.5, 0.6) is 0 Å². The molecule has 1 N–H and O–H groups in total. The third-order valence-corrected chi connectivity index (χ3v) is 2.97. The van der Waals surface area contributed by atoms with E-state index in [2.05, 4.69) is 26.1 Å². The van der Waals surface area contributed by atoms with Gasteiger partial charge in [0.15, 0.2) is 0 Å². The van der Waals surface area contributed by atoms with E-state index in [0.717, 1.165) is 11.8 Å². The summed E-state index contributed by atoms with van der Waals surface area (Å²) in [7, 11) is 2.03. The molecule has 0 fully saturated rings. The first kappa shape index (κ1) is 12.0. The Hall–Kier alpha value is -0.0400. The molecule has 2 unspecified atom stereocenters. The van der Waals surface area contributed by atoms with Crippen LogP contribution in [0.15, 0.2) is 0 Å². The Kier molecular flexibility index (Phi) is 7.58. The van der Waals surface area contributed by atoms with Crippen molar-refractivity contribution in [3.63, 3.8) is 0 Å². The Labute approximate surface area is 77.9 Å². The van der Waals surface area contributed by atoms with Crippen LogP contribution < -0.4 is 5.32 Å². The second-order valence-electron chi connectivity index (χ2n) is 3.80. The molecule has 0 aromatic carbocycles. The number of hydrogen-bond donors (Lipinski definition) is 1. The maximum Gasteiger partial charge on any atom is -0.00518 e. The van der Waals surface area contributed by atoms with Gasteiger partial charge in [0.1, 0.15) is 0 Å². The van der Waals surface area contributed by atoms with Gasteiger partial charge in [-0.3, -0.25) is 0 Å². The van der Waals surface area contributed by atoms with Crippen molar-refractivity contribution in [2.45, 2.75) is 46.5 Å². The summed E-state index contributed by atoms with van der Waals surface area (Å²) in [6.07, 6.45) is 5.41. The standard InChI is InChI=1S/C11H25N/c1-5-10(3)11(6-2)8-7-9-12-4/h10-12H,5-9H2,1-4H3. The van der Waals surface area contributed by atoms with Crippen LogP contribution in [0.25, 0.3) is 0 Å². The second kappa shape index (κ2) is 7.60. The summed E-state index contributed by atoms with van der Waals surface area (Å²) >= 11 is 0. The predicted octanol–water partition coefficient (Wildman–Crippen LogP) is 3.06. The van der Waals surface area contributed by atoms with Crippen LogP contribution in [0, 0.1) is 11.8 Å². The van der Waals surface area contributed by atoms with Crippen molar-refractivity contribution in [3.8, 4) is 0 Å². The summed E-state index contributed by atoms with van der Waals surface area (Å²) in [6.45, 7) is 8.17. The first-order valence-electron chi connectivity index (χ1n) is 5.40. The van der Waals surface area contributed by atoms with Gasteiger partial charge in [0.25, 0.3) is 0 Å². The fourth-order valence-electron chi connectivity index (χ4n) is 1.77.